The molecule has 1 aromatic rings. The summed E-state index contributed by atoms with van der Waals surface area (Å²) in [6.45, 7) is 2.11. The van der Waals surface area contributed by atoms with E-state index < -0.39 is 0 Å². The average molecular weight is 287 g/mol. The van der Waals surface area contributed by atoms with E-state index in [4.69, 9.17) is 9.47 Å². The Hall–Kier alpha value is -1.23. The van der Waals surface area contributed by atoms with Gasteiger partial charge in [0, 0.05) is 31.7 Å². The predicted molar refractivity (Wildman–Crippen MR) is 78.2 cm³/mol. The summed E-state index contributed by atoms with van der Waals surface area (Å²) in [7, 11) is 3.43. The van der Waals surface area contributed by atoms with Crippen LogP contribution in [0.3, 0.4) is 0 Å². The first-order valence-electron chi connectivity index (χ1n) is 7.58. The third-order valence-electron chi connectivity index (χ3n) is 5.95. The Kier molecular flexibility index (Phi) is 2.80. The summed E-state index contributed by atoms with van der Waals surface area (Å²) >= 11 is 0. The van der Waals surface area contributed by atoms with Crippen LogP contribution < -0.4 is 5.32 Å². The number of hydrogen-bond donors (Lipinski definition) is 1. The number of ketones is 1. The molecule has 2 fully saturated rings. The van der Waals surface area contributed by atoms with Crippen LogP contribution >= 0.6 is 0 Å². The Bertz CT molecular complexity index is 601. The summed E-state index contributed by atoms with van der Waals surface area (Å²) in [6, 6.07) is 8.22. The lowest BCUT2D eigenvalue weighted by atomic mass is 9.75. The number of ether oxygens (including phenoxy) is 2. The van der Waals surface area contributed by atoms with E-state index in [9.17, 15) is 4.79 Å². The Morgan fingerprint density at radius 3 is 2.71 bits per heavy atom. The van der Waals surface area contributed by atoms with Crippen LogP contribution in [-0.2, 0) is 9.47 Å². The van der Waals surface area contributed by atoms with Crippen LogP contribution in [-0.4, -0.2) is 38.4 Å². The van der Waals surface area contributed by atoms with Gasteiger partial charge in [-0.2, -0.15) is 0 Å². The van der Waals surface area contributed by atoms with E-state index in [0.717, 1.165) is 12.0 Å². The largest absolute Gasteiger partial charge is 0.377 e. The van der Waals surface area contributed by atoms with Crippen molar-refractivity contribution in [2.45, 2.75) is 37.6 Å². The molecule has 6 atom stereocenters. The minimum absolute atomic E-state index is 0.0166. The minimum atomic E-state index is -0.377. The zero-order chi connectivity index (χ0) is 14.8. The number of Topliss-reactive ketones (excluding diaryl/α,β-unsaturated/α-hetero) is 1. The van der Waals surface area contributed by atoms with Crippen LogP contribution in [0.1, 0.15) is 35.2 Å². The maximum Gasteiger partial charge on any atom is 0.171 e. The van der Waals surface area contributed by atoms with Crippen molar-refractivity contribution in [3.63, 3.8) is 0 Å². The summed E-state index contributed by atoms with van der Waals surface area (Å²) in [4.78, 5) is 13.0. The lowest BCUT2D eigenvalue weighted by Crippen LogP contribution is -2.55. The highest BCUT2D eigenvalue weighted by Crippen LogP contribution is 2.62. The van der Waals surface area contributed by atoms with Crippen LogP contribution in [0.2, 0.25) is 0 Å². The molecule has 4 nitrogen and oxygen atoms in total. The standard InChI is InChI=1S/C17H21NO3/c1-17-12-8-11(14(20-2)16(18-12)21-3)13(17)9-6-4-5-7-10(9)15(17)19/h4-7,11-14,16,18H,8H2,1-3H3. The normalized spacial score (nSPS) is 43.8. The van der Waals surface area contributed by atoms with Gasteiger partial charge in [-0.1, -0.05) is 31.2 Å². The number of rotatable bonds is 2. The van der Waals surface area contributed by atoms with Crippen LogP contribution in [0.15, 0.2) is 24.3 Å². The first kappa shape index (κ1) is 13.4. The van der Waals surface area contributed by atoms with Gasteiger partial charge >= 0.3 is 0 Å². The summed E-state index contributed by atoms with van der Waals surface area (Å²) in [5.74, 6) is 0.822. The number of carbonyl (C=O) groups is 1. The average Bonchev–Trinajstić information content (AvgIpc) is 2.89. The fourth-order valence-corrected chi connectivity index (χ4v) is 5.02. The van der Waals surface area contributed by atoms with Crippen molar-refractivity contribution in [1.29, 1.82) is 0 Å². The molecule has 0 amide bonds. The number of carbonyl (C=O) groups excluding carboxylic acids is 1. The van der Waals surface area contributed by atoms with Crippen molar-refractivity contribution in [3.05, 3.63) is 35.4 Å². The fraction of sp³-hybridized carbons (Fsp3) is 0.588. The van der Waals surface area contributed by atoms with E-state index >= 15 is 0 Å². The summed E-state index contributed by atoms with van der Waals surface area (Å²) < 4.78 is 11.3. The first-order chi connectivity index (χ1) is 10.1. The molecule has 0 aromatic heterocycles. The molecule has 2 bridgehead atoms. The molecule has 0 spiro atoms. The molecule has 1 aromatic carbocycles. The molecule has 21 heavy (non-hydrogen) atoms. The number of fused-ring (bicyclic) bond motifs is 7. The van der Waals surface area contributed by atoms with Gasteiger partial charge in [0.15, 0.2) is 5.78 Å². The van der Waals surface area contributed by atoms with Crippen molar-refractivity contribution >= 4 is 5.78 Å². The quantitative estimate of drug-likeness (QED) is 0.903. The molecule has 1 saturated carbocycles. The maximum absolute atomic E-state index is 13.0. The van der Waals surface area contributed by atoms with E-state index in [-0.39, 0.29) is 35.5 Å². The lowest BCUT2D eigenvalue weighted by molar-refractivity contribution is -0.0972. The van der Waals surface area contributed by atoms with E-state index in [1.54, 1.807) is 14.2 Å². The van der Waals surface area contributed by atoms with Gasteiger partial charge in [0.25, 0.3) is 0 Å². The number of nitrogens with one attached hydrogen (secondary N) is 1. The van der Waals surface area contributed by atoms with E-state index in [1.165, 1.54) is 5.56 Å². The molecule has 112 valence electrons. The van der Waals surface area contributed by atoms with Crippen LogP contribution in [0.25, 0.3) is 0 Å². The second kappa shape index (κ2) is 4.38. The van der Waals surface area contributed by atoms with E-state index in [2.05, 4.69) is 18.3 Å². The number of benzene rings is 1. The molecule has 4 rings (SSSR count). The number of methoxy groups -OCH3 is 2. The highest BCUT2D eigenvalue weighted by Gasteiger charge is 2.66. The topological polar surface area (TPSA) is 47.6 Å². The van der Waals surface area contributed by atoms with Gasteiger partial charge in [-0.15, -0.1) is 0 Å². The molecular formula is C17H21NO3. The third kappa shape index (κ3) is 1.48. The molecular weight excluding hydrogens is 266 g/mol. The van der Waals surface area contributed by atoms with Crippen molar-refractivity contribution in [2.75, 3.05) is 14.2 Å². The van der Waals surface area contributed by atoms with Crippen LogP contribution in [0, 0.1) is 11.3 Å². The zero-order valence-corrected chi connectivity index (χ0v) is 12.6. The Labute approximate surface area is 124 Å². The molecule has 1 aliphatic heterocycles. The van der Waals surface area contributed by atoms with Gasteiger partial charge < -0.3 is 9.47 Å². The summed E-state index contributed by atoms with van der Waals surface area (Å²) in [6.07, 6.45) is 0.817. The molecule has 0 radical (unpaired) electrons. The highest BCUT2D eigenvalue weighted by molar-refractivity contribution is 6.06. The van der Waals surface area contributed by atoms with Gasteiger partial charge in [-0.3, -0.25) is 10.1 Å². The molecule has 1 heterocycles. The van der Waals surface area contributed by atoms with Crippen molar-refractivity contribution in [1.82, 2.24) is 5.32 Å². The monoisotopic (exact) mass is 287 g/mol. The van der Waals surface area contributed by atoms with Crippen LogP contribution in [0.5, 0.6) is 0 Å². The molecule has 6 unspecified atom stereocenters. The van der Waals surface area contributed by atoms with E-state index in [1.807, 2.05) is 18.2 Å². The lowest BCUT2D eigenvalue weighted by Gasteiger charge is -2.37. The van der Waals surface area contributed by atoms with E-state index in [0.29, 0.717) is 5.92 Å². The molecule has 3 aliphatic rings. The Morgan fingerprint density at radius 2 is 2.00 bits per heavy atom. The molecule has 1 saturated heterocycles. The molecule has 2 aliphatic carbocycles. The summed E-state index contributed by atoms with van der Waals surface area (Å²) in [5.41, 5.74) is 1.71. The Morgan fingerprint density at radius 1 is 1.24 bits per heavy atom. The smallest absolute Gasteiger partial charge is 0.171 e. The van der Waals surface area contributed by atoms with Crippen molar-refractivity contribution in [2.24, 2.45) is 11.3 Å². The minimum Gasteiger partial charge on any atom is -0.377 e. The Balaban J connectivity index is 1.87. The third-order valence-corrected chi connectivity index (χ3v) is 5.95. The summed E-state index contributed by atoms with van der Waals surface area (Å²) in [5, 5.41) is 3.50. The molecule has 1 N–H and O–H groups in total. The number of hydrogen-bond acceptors (Lipinski definition) is 4. The van der Waals surface area contributed by atoms with Crippen LogP contribution in [0.4, 0.5) is 0 Å². The van der Waals surface area contributed by atoms with Gasteiger partial charge in [0.05, 0.1) is 5.41 Å². The van der Waals surface area contributed by atoms with Gasteiger partial charge in [-0.25, -0.2) is 0 Å². The highest BCUT2D eigenvalue weighted by atomic mass is 16.5. The zero-order valence-electron chi connectivity index (χ0n) is 12.6. The second-order valence-electron chi connectivity index (χ2n) is 6.65. The van der Waals surface area contributed by atoms with Gasteiger partial charge in [0.2, 0.25) is 0 Å². The molecule has 4 heteroatoms. The van der Waals surface area contributed by atoms with Gasteiger partial charge in [0.1, 0.15) is 12.3 Å². The first-order valence-corrected chi connectivity index (χ1v) is 7.58. The fourth-order valence-electron chi connectivity index (χ4n) is 5.02. The van der Waals surface area contributed by atoms with Crippen molar-refractivity contribution < 1.29 is 14.3 Å². The predicted octanol–water partition coefficient (Wildman–Crippen LogP) is 1.95. The van der Waals surface area contributed by atoms with Gasteiger partial charge in [-0.05, 0) is 17.9 Å². The maximum atomic E-state index is 13.0. The second-order valence-corrected chi connectivity index (χ2v) is 6.65. The SMILES string of the molecule is COC1NC2CC(C1OC)C1c3ccccc3C(=O)C21C. The van der Waals surface area contributed by atoms with Crippen molar-refractivity contribution in [3.8, 4) is 0 Å². The number of piperidine rings is 1.